The molecule has 1 aromatic rings. The Hall–Kier alpha value is -1.62. The molecule has 0 amide bonds. The van der Waals surface area contributed by atoms with Gasteiger partial charge in [-0.05, 0) is 51.4 Å². The summed E-state index contributed by atoms with van der Waals surface area (Å²) in [4.78, 5) is 20.5. The van der Waals surface area contributed by atoms with Gasteiger partial charge in [0.15, 0.2) is 0 Å². The first kappa shape index (κ1) is 15.8. The third-order valence-electron chi connectivity index (χ3n) is 4.29. The molecule has 21 heavy (non-hydrogen) atoms. The molecule has 1 saturated heterocycles. The topological polar surface area (TPSA) is 56.7 Å². The Morgan fingerprint density at radius 3 is 2.86 bits per heavy atom. The summed E-state index contributed by atoms with van der Waals surface area (Å²) in [7, 11) is 1.94. The molecule has 2 rings (SSSR count). The van der Waals surface area contributed by atoms with Gasteiger partial charge in [0.05, 0.1) is 0 Å². The quantitative estimate of drug-likeness (QED) is 0.902. The molecule has 0 radical (unpaired) electrons. The number of carboxylic acid groups (broad SMARTS) is 1. The smallest absolute Gasteiger partial charge is 0.339 e. The third-order valence-corrected chi connectivity index (χ3v) is 4.29. The molecule has 0 bridgehead atoms. The van der Waals surface area contributed by atoms with E-state index in [4.69, 9.17) is 0 Å². The highest BCUT2D eigenvalue weighted by Crippen LogP contribution is 2.24. The van der Waals surface area contributed by atoms with Crippen LogP contribution in [0.5, 0.6) is 0 Å². The number of aromatic nitrogens is 1. The number of pyridine rings is 1. The van der Waals surface area contributed by atoms with Crippen molar-refractivity contribution in [3.63, 3.8) is 0 Å². The highest BCUT2D eigenvalue weighted by Gasteiger charge is 2.26. The van der Waals surface area contributed by atoms with E-state index in [0.29, 0.717) is 17.4 Å². The van der Waals surface area contributed by atoms with E-state index in [-0.39, 0.29) is 0 Å². The van der Waals surface area contributed by atoms with Crippen molar-refractivity contribution in [1.29, 1.82) is 0 Å². The standard InChI is InChI=1S/C16H25N3O2/c1-5-19-8-6-7-13(19)10-18(4)15-14(16(20)21)11(2)9-12(3)17-15/h9,13H,5-8,10H2,1-4H3,(H,20,21). The molecule has 1 aliphatic rings. The van der Waals surface area contributed by atoms with Crippen LogP contribution in [0.3, 0.4) is 0 Å². The van der Waals surface area contributed by atoms with Crippen LogP contribution in [0.4, 0.5) is 5.82 Å². The Balaban J connectivity index is 2.26. The minimum atomic E-state index is -0.902. The van der Waals surface area contributed by atoms with E-state index in [1.807, 2.05) is 31.9 Å². The second kappa shape index (κ2) is 6.43. The van der Waals surface area contributed by atoms with E-state index in [0.717, 1.165) is 30.9 Å². The Kier molecular flexibility index (Phi) is 4.83. The van der Waals surface area contributed by atoms with Gasteiger partial charge in [-0.15, -0.1) is 0 Å². The van der Waals surface area contributed by atoms with Crippen LogP contribution in [0.1, 0.15) is 41.4 Å². The molecule has 116 valence electrons. The maximum absolute atomic E-state index is 11.5. The summed E-state index contributed by atoms with van der Waals surface area (Å²) in [5.74, 6) is -0.316. The SMILES string of the molecule is CCN1CCCC1CN(C)c1nc(C)cc(C)c1C(=O)O. The summed E-state index contributed by atoms with van der Waals surface area (Å²) >= 11 is 0. The lowest BCUT2D eigenvalue weighted by atomic mass is 10.1. The molecule has 1 fully saturated rings. The molecule has 0 aromatic carbocycles. The number of nitrogens with zero attached hydrogens (tertiary/aromatic N) is 3. The van der Waals surface area contributed by atoms with Crippen LogP contribution in [-0.4, -0.2) is 53.7 Å². The zero-order valence-corrected chi connectivity index (χ0v) is 13.4. The molecule has 5 nitrogen and oxygen atoms in total. The molecule has 0 aliphatic carbocycles. The number of hydrogen-bond acceptors (Lipinski definition) is 4. The molecule has 1 unspecified atom stereocenters. The van der Waals surface area contributed by atoms with Crippen LogP contribution in [0.25, 0.3) is 0 Å². The molecule has 1 N–H and O–H groups in total. The average molecular weight is 291 g/mol. The zero-order chi connectivity index (χ0) is 15.6. The average Bonchev–Trinajstić information content (AvgIpc) is 2.84. The van der Waals surface area contributed by atoms with Crippen molar-refractivity contribution >= 4 is 11.8 Å². The van der Waals surface area contributed by atoms with Crippen molar-refractivity contribution in [3.05, 3.63) is 22.9 Å². The van der Waals surface area contributed by atoms with Crippen LogP contribution in [0.2, 0.25) is 0 Å². The van der Waals surface area contributed by atoms with Gasteiger partial charge < -0.3 is 10.0 Å². The minimum absolute atomic E-state index is 0.323. The summed E-state index contributed by atoms with van der Waals surface area (Å²) in [5.41, 5.74) is 1.96. The second-order valence-electron chi connectivity index (χ2n) is 5.89. The summed E-state index contributed by atoms with van der Waals surface area (Å²) in [6.45, 7) is 8.93. The summed E-state index contributed by atoms with van der Waals surface area (Å²) in [6, 6.07) is 2.32. The molecule has 1 aliphatic heterocycles. The van der Waals surface area contributed by atoms with Gasteiger partial charge in [0, 0.05) is 25.3 Å². The fourth-order valence-electron chi connectivity index (χ4n) is 3.28. The second-order valence-corrected chi connectivity index (χ2v) is 5.89. The van der Waals surface area contributed by atoms with Crippen molar-refractivity contribution in [1.82, 2.24) is 9.88 Å². The number of aryl methyl sites for hydroxylation is 2. The fourth-order valence-corrected chi connectivity index (χ4v) is 3.28. The van der Waals surface area contributed by atoms with Gasteiger partial charge in [0.2, 0.25) is 0 Å². The lowest BCUT2D eigenvalue weighted by Gasteiger charge is -2.29. The maximum Gasteiger partial charge on any atom is 0.339 e. The molecule has 5 heteroatoms. The molecule has 1 atom stereocenters. The van der Waals surface area contributed by atoms with Gasteiger partial charge in [0.1, 0.15) is 11.4 Å². The number of likely N-dealkylation sites (tertiary alicyclic amines) is 1. The van der Waals surface area contributed by atoms with Crippen LogP contribution in [-0.2, 0) is 0 Å². The predicted molar refractivity (Wildman–Crippen MR) is 84.2 cm³/mol. The van der Waals surface area contributed by atoms with Gasteiger partial charge in [-0.2, -0.15) is 0 Å². The summed E-state index contributed by atoms with van der Waals surface area (Å²) < 4.78 is 0. The zero-order valence-electron chi connectivity index (χ0n) is 13.4. The normalized spacial score (nSPS) is 19.0. The van der Waals surface area contributed by atoms with Crippen molar-refractivity contribution in [2.45, 2.75) is 39.7 Å². The molecular weight excluding hydrogens is 266 g/mol. The van der Waals surface area contributed by atoms with Crippen molar-refractivity contribution in [3.8, 4) is 0 Å². The van der Waals surface area contributed by atoms with Crippen LogP contribution in [0.15, 0.2) is 6.07 Å². The lowest BCUT2D eigenvalue weighted by molar-refractivity contribution is 0.0696. The highest BCUT2D eigenvalue weighted by molar-refractivity contribution is 5.95. The molecular formula is C16H25N3O2. The van der Waals surface area contributed by atoms with Crippen LogP contribution >= 0.6 is 0 Å². The third kappa shape index (κ3) is 3.35. The predicted octanol–water partition coefficient (Wildman–Crippen LogP) is 2.32. The lowest BCUT2D eigenvalue weighted by Crippen LogP contribution is -2.39. The van der Waals surface area contributed by atoms with E-state index < -0.39 is 5.97 Å². The highest BCUT2D eigenvalue weighted by atomic mass is 16.4. The number of carbonyl (C=O) groups is 1. The number of hydrogen-bond donors (Lipinski definition) is 1. The largest absolute Gasteiger partial charge is 0.478 e. The van der Waals surface area contributed by atoms with E-state index in [2.05, 4.69) is 16.8 Å². The van der Waals surface area contributed by atoms with Crippen molar-refractivity contribution < 1.29 is 9.90 Å². The number of anilines is 1. The maximum atomic E-state index is 11.5. The number of carboxylic acids is 1. The summed E-state index contributed by atoms with van der Waals surface area (Å²) in [5, 5.41) is 9.47. The van der Waals surface area contributed by atoms with Gasteiger partial charge in [-0.3, -0.25) is 4.90 Å². The minimum Gasteiger partial charge on any atom is -0.478 e. The Bertz CT molecular complexity index is 530. The van der Waals surface area contributed by atoms with Gasteiger partial charge in [-0.25, -0.2) is 9.78 Å². The van der Waals surface area contributed by atoms with Gasteiger partial charge in [-0.1, -0.05) is 6.92 Å². The number of aromatic carboxylic acids is 1. The van der Waals surface area contributed by atoms with E-state index in [1.165, 1.54) is 12.8 Å². The molecule has 2 heterocycles. The molecule has 0 spiro atoms. The Morgan fingerprint density at radius 1 is 1.52 bits per heavy atom. The van der Waals surface area contributed by atoms with Crippen LogP contribution < -0.4 is 4.90 Å². The fraction of sp³-hybridized carbons (Fsp3) is 0.625. The van der Waals surface area contributed by atoms with Crippen molar-refractivity contribution in [2.75, 3.05) is 31.6 Å². The van der Waals surface area contributed by atoms with Crippen molar-refractivity contribution in [2.24, 2.45) is 0 Å². The molecule has 0 saturated carbocycles. The van der Waals surface area contributed by atoms with Gasteiger partial charge >= 0.3 is 5.97 Å². The Morgan fingerprint density at radius 2 is 2.24 bits per heavy atom. The van der Waals surface area contributed by atoms with E-state index in [1.54, 1.807) is 0 Å². The Labute approximate surface area is 126 Å². The van der Waals surface area contributed by atoms with E-state index in [9.17, 15) is 9.90 Å². The summed E-state index contributed by atoms with van der Waals surface area (Å²) in [6.07, 6.45) is 2.39. The van der Waals surface area contributed by atoms with Gasteiger partial charge in [0.25, 0.3) is 0 Å². The van der Waals surface area contributed by atoms with Crippen LogP contribution in [0, 0.1) is 13.8 Å². The first-order chi connectivity index (χ1) is 9.93. The monoisotopic (exact) mass is 291 g/mol. The first-order valence-electron chi connectivity index (χ1n) is 7.60. The number of likely N-dealkylation sites (N-methyl/N-ethyl adjacent to an activating group) is 2. The number of rotatable bonds is 5. The van der Waals surface area contributed by atoms with E-state index >= 15 is 0 Å². The molecule has 1 aromatic heterocycles. The first-order valence-corrected chi connectivity index (χ1v) is 7.60.